The van der Waals surface area contributed by atoms with Crippen LogP contribution in [-0.4, -0.2) is 38.8 Å². The predicted octanol–water partition coefficient (Wildman–Crippen LogP) is 0.861. The highest BCUT2D eigenvalue weighted by molar-refractivity contribution is 5.88. The lowest BCUT2D eigenvalue weighted by Crippen LogP contribution is -2.35. The average molecular weight is 287 g/mol. The highest BCUT2D eigenvalue weighted by Crippen LogP contribution is 2.14. The minimum atomic E-state index is -1.01. The molecule has 0 fully saturated rings. The van der Waals surface area contributed by atoms with Crippen LogP contribution in [0, 0.1) is 0 Å². The monoisotopic (exact) mass is 287 g/mol. The van der Waals surface area contributed by atoms with E-state index in [1.54, 1.807) is 30.3 Å². The van der Waals surface area contributed by atoms with Gasteiger partial charge in [0, 0.05) is 6.54 Å². The number of carbonyl (C=O) groups is 2. The number of anilines is 1. The zero-order valence-electron chi connectivity index (χ0n) is 10.9. The molecule has 2 rings (SSSR count). The number of carbonyl (C=O) groups excluding carboxylic acids is 1. The second-order valence-corrected chi connectivity index (χ2v) is 4.10. The maximum atomic E-state index is 11.6. The average Bonchev–Trinajstić information content (AvgIpc) is 2.49. The standard InChI is InChI=1S/C13H13N5O3/c19-11(20)10(9-4-2-1-3-5-9)8-15-13(21)17-12-14-6-7-16-18-12/h1-7,10H,8H2,(H,19,20)(H2,14,15,17,18,21). The highest BCUT2D eigenvalue weighted by Gasteiger charge is 2.20. The van der Waals surface area contributed by atoms with Gasteiger partial charge in [-0.2, -0.15) is 5.10 Å². The van der Waals surface area contributed by atoms with E-state index in [0.717, 1.165) is 0 Å². The number of urea groups is 1. The Hall–Kier alpha value is -3.03. The second kappa shape index (κ2) is 6.94. The van der Waals surface area contributed by atoms with Crippen molar-refractivity contribution >= 4 is 17.9 Å². The van der Waals surface area contributed by atoms with Gasteiger partial charge in [-0.15, -0.1) is 5.10 Å². The van der Waals surface area contributed by atoms with Crippen LogP contribution in [-0.2, 0) is 4.79 Å². The minimum Gasteiger partial charge on any atom is -0.481 e. The number of amides is 2. The lowest BCUT2D eigenvalue weighted by atomic mass is 9.99. The third-order valence-corrected chi connectivity index (χ3v) is 2.67. The molecule has 2 amide bonds. The fraction of sp³-hybridized carbons (Fsp3) is 0.154. The van der Waals surface area contributed by atoms with Crippen molar-refractivity contribution in [3.63, 3.8) is 0 Å². The fourth-order valence-electron chi connectivity index (χ4n) is 1.68. The molecule has 108 valence electrons. The predicted molar refractivity (Wildman–Crippen MR) is 73.7 cm³/mol. The van der Waals surface area contributed by atoms with Crippen molar-refractivity contribution in [1.29, 1.82) is 0 Å². The lowest BCUT2D eigenvalue weighted by Gasteiger charge is -2.13. The zero-order valence-corrected chi connectivity index (χ0v) is 10.9. The quantitative estimate of drug-likeness (QED) is 0.751. The molecule has 0 aliphatic rings. The molecule has 1 heterocycles. The van der Waals surface area contributed by atoms with E-state index in [1.807, 2.05) is 0 Å². The van der Waals surface area contributed by atoms with E-state index in [9.17, 15) is 14.7 Å². The number of hydrogen-bond acceptors (Lipinski definition) is 5. The van der Waals surface area contributed by atoms with Gasteiger partial charge in [0.15, 0.2) is 0 Å². The van der Waals surface area contributed by atoms with Crippen LogP contribution in [0.4, 0.5) is 10.7 Å². The van der Waals surface area contributed by atoms with Crippen molar-refractivity contribution in [3.8, 4) is 0 Å². The summed E-state index contributed by atoms with van der Waals surface area (Å²) in [5.74, 6) is -1.80. The molecule has 0 spiro atoms. The largest absolute Gasteiger partial charge is 0.481 e. The van der Waals surface area contributed by atoms with Crippen LogP contribution in [0.2, 0.25) is 0 Å². The van der Waals surface area contributed by atoms with Gasteiger partial charge >= 0.3 is 12.0 Å². The highest BCUT2D eigenvalue weighted by atomic mass is 16.4. The van der Waals surface area contributed by atoms with Crippen LogP contribution in [0.1, 0.15) is 11.5 Å². The fourth-order valence-corrected chi connectivity index (χ4v) is 1.68. The number of benzene rings is 1. The number of carboxylic acid groups (broad SMARTS) is 1. The Morgan fingerprint density at radius 2 is 1.95 bits per heavy atom. The molecule has 21 heavy (non-hydrogen) atoms. The lowest BCUT2D eigenvalue weighted by molar-refractivity contribution is -0.138. The summed E-state index contributed by atoms with van der Waals surface area (Å²) in [6, 6.07) is 8.09. The van der Waals surface area contributed by atoms with Crippen LogP contribution >= 0.6 is 0 Å². The molecular weight excluding hydrogens is 274 g/mol. The van der Waals surface area contributed by atoms with E-state index in [0.29, 0.717) is 5.56 Å². The summed E-state index contributed by atoms with van der Waals surface area (Å²) in [6.45, 7) is -0.0502. The molecular formula is C13H13N5O3. The van der Waals surface area contributed by atoms with Crippen LogP contribution in [0.15, 0.2) is 42.7 Å². The minimum absolute atomic E-state index is 0.0431. The normalized spacial score (nSPS) is 11.4. The van der Waals surface area contributed by atoms with Gasteiger partial charge < -0.3 is 10.4 Å². The topological polar surface area (TPSA) is 117 Å². The molecule has 1 aromatic heterocycles. The van der Waals surface area contributed by atoms with Gasteiger partial charge in [-0.25, -0.2) is 9.78 Å². The molecule has 1 unspecified atom stereocenters. The van der Waals surface area contributed by atoms with Gasteiger partial charge in [0.2, 0.25) is 0 Å². The molecule has 1 aromatic carbocycles. The smallest absolute Gasteiger partial charge is 0.321 e. The Morgan fingerprint density at radius 1 is 1.19 bits per heavy atom. The van der Waals surface area contributed by atoms with Gasteiger partial charge in [0.25, 0.3) is 5.95 Å². The summed E-state index contributed by atoms with van der Waals surface area (Å²) in [5.41, 5.74) is 0.614. The van der Waals surface area contributed by atoms with Crippen molar-refractivity contribution in [2.24, 2.45) is 0 Å². The van der Waals surface area contributed by atoms with Gasteiger partial charge in [-0.05, 0) is 5.56 Å². The molecule has 0 saturated heterocycles. The van der Waals surface area contributed by atoms with Crippen molar-refractivity contribution in [2.75, 3.05) is 11.9 Å². The number of hydrogen-bond donors (Lipinski definition) is 3. The SMILES string of the molecule is O=C(NCC(C(=O)O)c1ccccc1)Nc1nccnn1. The van der Waals surface area contributed by atoms with E-state index in [2.05, 4.69) is 25.8 Å². The van der Waals surface area contributed by atoms with E-state index in [4.69, 9.17) is 0 Å². The van der Waals surface area contributed by atoms with Crippen molar-refractivity contribution in [2.45, 2.75) is 5.92 Å². The number of aliphatic carboxylic acids is 1. The molecule has 0 aliphatic heterocycles. The third-order valence-electron chi connectivity index (χ3n) is 2.67. The first kappa shape index (κ1) is 14.4. The summed E-state index contributed by atoms with van der Waals surface area (Å²) < 4.78 is 0. The van der Waals surface area contributed by atoms with Crippen LogP contribution in [0.5, 0.6) is 0 Å². The van der Waals surface area contributed by atoms with E-state index >= 15 is 0 Å². The number of carboxylic acids is 1. The van der Waals surface area contributed by atoms with Crippen LogP contribution in [0.3, 0.4) is 0 Å². The summed E-state index contributed by atoms with van der Waals surface area (Å²) in [7, 11) is 0. The van der Waals surface area contributed by atoms with E-state index < -0.39 is 17.9 Å². The molecule has 1 atom stereocenters. The van der Waals surface area contributed by atoms with Gasteiger partial charge in [-0.3, -0.25) is 10.1 Å². The summed E-state index contributed by atoms with van der Waals surface area (Å²) in [5, 5.41) is 21.2. The Balaban J connectivity index is 1.93. The summed E-state index contributed by atoms with van der Waals surface area (Å²) in [6.07, 6.45) is 2.76. The maximum absolute atomic E-state index is 11.6. The van der Waals surface area contributed by atoms with E-state index in [-0.39, 0.29) is 12.5 Å². The van der Waals surface area contributed by atoms with Gasteiger partial charge in [0.05, 0.1) is 18.3 Å². The zero-order chi connectivity index (χ0) is 15.1. The van der Waals surface area contributed by atoms with Gasteiger partial charge in [0.1, 0.15) is 0 Å². The number of nitrogens with one attached hydrogen (secondary N) is 2. The van der Waals surface area contributed by atoms with Crippen molar-refractivity contribution in [3.05, 3.63) is 48.3 Å². The molecule has 0 aliphatic carbocycles. The molecule has 8 nitrogen and oxygen atoms in total. The third kappa shape index (κ3) is 4.23. The Morgan fingerprint density at radius 3 is 2.57 bits per heavy atom. The first-order chi connectivity index (χ1) is 10.2. The molecule has 0 radical (unpaired) electrons. The van der Waals surface area contributed by atoms with Crippen molar-refractivity contribution < 1.29 is 14.7 Å². The summed E-state index contributed by atoms with van der Waals surface area (Å²) >= 11 is 0. The first-order valence-corrected chi connectivity index (χ1v) is 6.13. The molecule has 0 bridgehead atoms. The Labute approximate surface area is 120 Å². The van der Waals surface area contributed by atoms with Crippen LogP contribution < -0.4 is 10.6 Å². The maximum Gasteiger partial charge on any atom is 0.321 e. The summed E-state index contributed by atoms with van der Waals surface area (Å²) in [4.78, 5) is 26.7. The van der Waals surface area contributed by atoms with Gasteiger partial charge in [-0.1, -0.05) is 30.3 Å². The second-order valence-electron chi connectivity index (χ2n) is 4.10. The molecule has 2 aromatic rings. The first-order valence-electron chi connectivity index (χ1n) is 6.13. The van der Waals surface area contributed by atoms with Crippen LogP contribution in [0.25, 0.3) is 0 Å². The van der Waals surface area contributed by atoms with Crippen molar-refractivity contribution in [1.82, 2.24) is 20.5 Å². The molecule has 3 N–H and O–H groups in total. The number of aromatic nitrogens is 3. The number of rotatable bonds is 5. The Bertz CT molecular complexity index is 606. The molecule has 0 saturated carbocycles. The molecule has 8 heteroatoms. The number of nitrogens with zero attached hydrogens (tertiary/aromatic N) is 3. The Kier molecular flexibility index (Phi) is 4.75. The van der Waals surface area contributed by atoms with E-state index in [1.165, 1.54) is 12.4 Å².